The van der Waals surface area contributed by atoms with Crippen LogP contribution in [0.5, 0.6) is 0 Å². The second-order valence-electron chi connectivity index (χ2n) is 8.16. The molecule has 152 valence electrons. The van der Waals surface area contributed by atoms with Gasteiger partial charge in [-0.3, -0.25) is 9.89 Å². The van der Waals surface area contributed by atoms with E-state index in [1.165, 1.54) is 5.56 Å². The highest BCUT2D eigenvalue weighted by atomic mass is 35.5. The highest BCUT2D eigenvalue weighted by Crippen LogP contribution is 2.22. The van der Waals surface area contributed by atoms with Crippen LogP contribution < -0.4 is 5.32 Å². The number of benzene rings is 1. The maximum absolute atomic E-state index is 6.09. The molecule has 0 radical (unpaired) electrons. The fourth-order valence-electron chi connectivity index (χ4n) is 3.24. The van der Waals surface area contributed by atoms with Crippen molar-refractivity contribution >= 4 is 17.6 Å². The van der Waals surface area contributed by atoms with Gasteiger partial charge in [0.05, 0.1) is 12.7 Å². The number of rotatable bonds is 4. The molecule has 0 amide bonds. The summed E-state index contributed by atoms with van der Waals surface area (Å²) in [5.41, 5.74) is 1.22. The maximum Gasteiger partial charge on any atom is 0.213 e. The van der Waals surface area contributed by atoms with Crippen molar-refractivity contribution < 1.29 is 4.42 Å². The molecule has 1 aromatic heterocycles. The van der Waals surface area contributed by atoms with Crippen LogP contribution in [0.25, 0.3) is 0 Å². The minimum Gasteiger partial charge on any atom is -0.443 e. The Bertz CT molecular complexity index is 803. The van der Waals surface area contributed by atoms with Crippen LogP contribution in [0, 0.1) is 0 Å². The number of hydrogen-bond acceptors (Lipinski definition) is 4. The van der Waals surface area contributed by atoms with Gasteiger partial charge in [0, 0.05) is 50.2 Å². The molecule has 2 aromatic rings. The van der Waals surface area contributed by atoms with Gasteiger partial charge in [-0.15, -0.1) is 0 Å². The lowest BCUT2D eigenvalue weighted by atomic mass is 9.94. The molecule has 1 aliphatic rings. The van der Waals surface area contributed by atoms with Crippen molar-refractivity contribution in [1.29, 1.82) is 0 Å². The van der Waals surface area contributed by atoms with Gasteiger partial charge in [-0.25, -0.2) is 4.98 Å². The molecule has 0 spiro atoms. The molecule has 7 heteroatoms. The van der Waals surface area contributed by atoms with Gasteiger partial charge >= 0.3 is 0 Å². The normalized spacial score (nSPS) is 16.5. The summed E-state index contributed by atoms with van der Waals surface area (Å²) in [6, 6.07) is 8.09. The fraction of sp³-hybridized carbons (Fsp3) is 0.524. The summed E-state index contributed by atoms with van der Waals surface area (Å²) in [4.78, 5) is 13.5. The molecule has 28 heavy (non-hydrogen) atoms. The van der Waals surface area contributed by atoms with Crippen molar-refractivity contribution in [1.82, 2.24) is 20.1 Å². The van der Waals surface area contributed by atoms with E-state index in [9.17, 15) is 0 Å². The van der Waals surface area contributed by atoms with Crippen molar-refractivity contribution in [2.75, 3.05) is 33.2 Å². The Balaban J connectivity index is 1.49. The molecule has 1 aromatic carbocycles. The number of aromatic nitrogens is 1. The van der Waals surface area contributed by atoms with Crippen molar-refractivity contribution in [2.45, 2.75) is 39.3 Å². The van der Waals surface area contributed by atoms with Gasteiger partial charge in [-0.1, -0.05) is 44.5 Å². The monoisotopic (exact) mass is 403 g/mol. The largest absolute Gasteiger partial charge is 0.443 e. The summed E-state index contributed by atoms with van der Waals surface area (Å²) in [7, 11) is 1.82. The quantitative estimate of drug-likeness (QED) is 0.625. The summed E-state index contributed by atoms with van der Waals surface area (Å²) in [6.45, 7) is 11.6. The zero-order chi connectivity index (χ0) is 20.1. The van der Waals surface area contributed by atoms with E-state index in [1.54, 1.807) is 0 Å². The standard InChI is InChI=1S/C21H30ClN5O/c1-21(2,3)18-13-24-19(28-18)14-25-20(23-4)27-10-8-26(9-11-27)15-16-6-5-7-17(22)12-16/h5-7,12-13H,8-11,14-15H2,1-4H3,(H,23,25). The molecule has 0 saturated carbocycles. The zero-order valence-electron chi connectivity index (χ0n) is 17.2. The average molecular weight is 404 g/mol. The van der Waals surface area contributed by atoms with E-state index in [0.29, 0.717) is 12.4 Å². The third-order valence-electron chi connectivity index (χ3n) is 4.87. The number of hydrogen-bond donors (Lipinski definition) is 1. The number of nitrogens with one attached hydrogen (secondary N) is 1. The summed E-state index contributed by atoms with van der Waals surface area (Å²) in [5, 5.41) is 4.17. The SMILES string of the molecule is CN=C(NCc1ncc(C(C)(C)C)o1)N1CCN(Cc2cccc(Cl)c2)CC1. The number of halogens is 1. The maximum atomic E-state index is 6.09. The van der Waals surface area contributed by atoms with Crippen LogP contribution in [0.15, 0.2) is 39.9 Å². The molecule has 1 N–H and O–H groups in total. The third-order valence-corrected chi connectivity index (χ3v) is 5.10. The fourth-order valence-corrected chi connectivity index (χ4v) is 3.45. The molecule has 3 rings (SSSR count). The number of piperazine rings is 1. The lowest BCUT2D eigenvalue weighted by Gasteiger charge is -2.36. The summed E-state index contributed by atoms with van der Waals surface area (Å²) in [6.07, 6.45) is 1.81. The van der Waals surface area contributed by atoms with Gasteiger partial charge in [0.1, 0.15) is 5.76 Å². The lowest BCUT2D eigenvalue weighted by molar-refractivity contribution is 0.172. The zero-order valence-corrected chi connectivity index (χ0v) is 18.0. The minimum absolute atomic E-state index is 0.0355. The summed E-state index contributed by atoms with van der Waals surface area (Å²) in [5.74, 6) is 2.47. The topological polar surface area (TPSA) is 56.9 Å². The van der Waals surface area contributed by atoms with Crippen LogP contribution in [-0.4, -0.2) is 54.0 Å². The first-order valence-electron chi connectivity index (χ1n) is 9.73. The second-order valence-corrected chi connectivity index (χ2v) is 8.60. The molecule has 6 nitrogen and oxygen atoms in total. The Hall–Kier alpha value is -2.05. The van der Waals surface area contributed by atoms with Gasteiger partial charge < -0.3 is 14.6 Å². The molecule has 0 bridgehead atoms. The Kier molecular flexibility index (Phi) is 6.62. The second kappa shape index (κ2) is 8.97. The van der Waals surface area contributed by atoms with Crippen LogP contribution in [0.1, 0.15) is 38.0 Å². The van der Waals surface area contributed by atoms with Gasteiger partial charge in [0.2, 0.25) is 5.89 Å². The molecule has 0 aliphatic carbocycles. The smallest absolute Gasteiger partial charge is 0.213 e. The van der Waals surface area contributed by atoms with E-state index in [2.05, 4.69) is 51.9 Å². The molecule has 1 fully saturated rings. The predicted molar refractivity (Wildman–Crippen MR) is 114 cm³/mol. The van der Waals surface area contributed by atoms with Gasteiger partial charge in [-0.2, -0.15) is 0 Å². The Morgan fingerprint density at radius 3 is 2.61 bits per heavy atom. The first kappa shape index (κ1) is 20.7. The lowest BCUT2D eigenvalue weighted by Crippen LogP contribution is -2.52. The number of oxazole rings is 1. The van der Waals surface area contributed by atoms with Crippen molar-refractivity contribution in [2.24, 2.45) is 4.99 Å². The van der Waals surface area contributed by atoms with E-state index in [4.69, 9.17) is 16.0 Å². The Morgan fingerprint density at radius 1 is 1.25 bits per heavy atom. The molecule has 2 heterocycles. The van der Waals surface area contributed by atoms with Crippen LogP contribution in [0.2, 0.25) is 5.02 Å². The summed E-state index contributed by atoms with van der Waals surface area (Å²) < 4.78 is 5.86. The highest BCUT2D eigenvalue weighted by Gasteiger charge is 2.21. The summed E-state index contributed by atoms with van der Waals surface area (Å²) >= 11 is 6.09. The Labute approximate surface area is 172 Å². The molecule has 0 unspecified atom stereocenters. The molecule has 0 atom stereocenters. The van der Waals surface area contributed by atoms with Crippen molar-refractivity contribution in [3.63, 3.8) is 0 Å². The number of nitrogens with zero attached hydrogens (tertiary/aromatic N) is 4. The average Bonchev–Trinajstić information content (AvgIpc) is 3.13. The van der Waals surface area contributed by atoms with Crippen LogP contribution in [0.4, 0.5) is 0 Å². The highest BCUT2D eigenvalue weighted by molar-refractivity contribution is 6.30. The number of aliphatic imine (C=N–C) groups is 1. The van der Waals surface area contributed by atoms with E-state index in [1.807, 2.05) is 31.4 Å². The van der Waals surface area contributed by atoms with Crippen LogP contribution >= 0.6 is 11.6 Å². The number of guanidine groups is 1. The van der Waals surface area contributed by atoms with Crippen molar-refractivity contribution in [3.05, 3.63) is 52.7 Å². The molecule has 1 saturated heterocycles. The van der Waals surface area contributed by atoms with Gasteiger partial charge in [-0.05, 0) is 17.7 Å². The molecule has 1 aliphatic heterocycles. The first-order chi connectivity index (χ1) is 13.3. The van der Waals surface area contributed by atoms with E-state index >= 15 is 0 Å². The third kappa shape index (κ3) is 5.49. The van der Waals surface area contributed by atoms with E-state index < -0.39 is 0 Å². The van der Waals surface area contributed by atoms with Gasteiger partial charge in [0.25, 0.3) is 0 Å². The van der Waals surface area contributed by atoms with Crippen LogP contribution in [-0.2, 0) is 18.5 Å². The molecular formula is C21H30ClN5O. The van der Waals surface area contributed by atoms with Crippen LogP contribution in [0.3, 0.4) is 0 Å². The van der Waals surface area contributed by atoms with E-state index in [0.717, 1.165) is 49.5 Å². The molecular weight excluding hydrogens is 374 g/mol. The van der Waals surface area contributed by atoms with Gasteiger partial charge in [0.15, 0.2) is 5.96 Å². The van der Waals surface area contributed by atoms with E-state index in [-0.39, 0.29) is 5.41 Å². The van der Waals surface area contributed by atoms with Crippen molar-refractivity contribution in [3.8, 4) is 0 Å². The predicted octanol–water partition coefficient (Wildman–Crippen LogP) is 3.52. The first-order valence-corrected chi connectivity index (χ1v) is 10.1. The minimum atomic E-state index is -0.0355. The Morgan fingerprint density at radius 2 is 2.00 bits per heavy atom.